The van der Waals surface area contributed by atoms with Crippen molar-refractivity contribution in [2.75, 3.05) is 7.11 Å². The van der Waals surface area contributed by atoms with Gasteiger partial charge in [0.15, 0.2) is 0 Å². The summed E-state index contributed by atoms with van der Waals surface area (Å²) in [5.74, 6) is 0.108. The molecule has 27 heavy (non-hydrogen) atoms. The molecule has 0 bridgehead atoms. The SMILES string of the molecule is COc1ccc(C[C@@H](C)NC(=O)c2cc([N+](=O)[O-])c(C)c([N+](=O)[O-])c2)cc1. The van der Waals surface area contributed by atoms with E-state index in [0.717, 1.165) is 23.4 Å². The molecule has 0 aliphatic rings. The zero-order valence-electron chi connectivity index (χ0n) is 15.1. The van der Waals surface area contributed by atoms with E-state index in [1.807, 2.05) is 12.1 Å². The van der Waals surface area contributed by atoms with Crippen molar-refractivity contribution in [3.05, 3.63) is 73.3 Å². The van der Waals surface area contributed by atoms with Crippen LogP contribution in [-0.4, -0.2) is 28.9 Å². The summed E-state index contributed by atoms with van der Waals surface area (Å²) in [7, 11) is 1.57. The summed E-state index contributed by atoms with van der Waals surface area (Å²) >= 11 is 0. The lowest BCUT2D eigenvalue weighted by Crippen LogP contribution is -2.34. The molecular formula is C18H19N3O6. The molecule has 0 heterocycles. The molecule has 1 amide bonds. The lowest BCUT2D eigenvalue weighted by Gasteiger charge is -2.14. The summed E-state index contributed by atoms with van der Waals surface area (Å²) in [4.78, 5) is 33.2. The van der Waals surface area contributed by atoms with Crippen molar-refractivity contribution in [1.29, 1.82) is 0 Å². The molecule has 0 aromatic heterocycles. The number of carbonyl (C=O) groups excluding carboxylic acids is 1. The van der Waals surface area contributed by atoms with Crippen LogP contribution in [0, 0.1) is 27.2 Å². The zero-order chi connectivity index (χ0) is 20.1. The molecule has 142 valence electrons. The Morgan fingerprint density at radius 1 is 1.11 bits per heavy atom. The topological polar surface area (TPSA) is 125 Å². The van der Waals surface area contributed by atoms with Gasteiger partial charge in [0.25, 0.3) is 17.3 Å². The minimum Gasteiger partial charge on any atom is -0.497 e. The van der Waals surface area contributed by atoms with Crippen molar-refractivity contribution in [1.82, 2.24) is 5.32 Å². The number of ether oxygens (including phenoxy) is 1. The van der Waals surface area contributed by atoms with Gasteiger partial charge in [0, 0.05) is 18.2 Å². The fraction of sp³-hybridized carbons (Fsp3) is 0.278. The van der Waals surface area contributed by atoms with Crippen LogP contribution in [0.2, 0.25) is 0 Å². The van der Waals surface area contributed by atoms with Crippen molar-refractivity contribution >= 4 is 17.3 Å². The Labute approximate surface area is 155 Å². The highest BCUT2D eigenvalue weighted by Crippen LogP contribution is 2.29. The zero-order valence-corrected chi connectivity index (χ0v) is 15.1. The molecule has 0 saturated heterocycles. The lowest BCUT2D eigenvalue weighted by atomic mass is 10.0. The van der Waals surface area contributed by atoms with Crippen LogP contribution in [0.3, 0.4) is 0 Å². The first-order chi connectivity index (χ1) is 12.7. The summed E-state index contributed by atoms with van der Waals surface area (Å²) in [6, 6.07) is 9.15. The summed E-state index contributed by atoms with van der Waals surface area (Å²) in [6.45, 7) is 3.06. The van der Waals surface area contributed by atoms with Gasteiger partial charge in [0.2, 0.25) is 0 Å². The highest BCUT2D eigenvalue weighted by Gasteiger charge is 2.25. The Balaban J connectivity index is 2.18. The predicted octanol–water partition coefficient (Wildman–Crippen LogP) is 3.18. The number of carbonyl (C=O) groups is 1. The fourth-order valence-corrected chi connectivity index (χ4v) is 2.67. The molecule has 0 aliphatic heterocycles. The molecule has 9 nitrogen and oxygen atoms in total. The van der Waals surface area contributed by atoms with Crippen molar-refractivity contribution in [3.8, 4) is 5.75 Å². The average molecular weight is 373 g/mol. The van der Waals surface area contributed by atoms with Crippen LogP contribution in [-0.2, 0) is 6.42 Å². The monoisotopic (exact) mass is 373 g/mol. The number of rotatable bonds is 7. The van der Waals surface area contributed by atoms with Gasteiger partial charge in [-0.2, -0.15) is 0 Å². The van der Waals surface area contributed by atoms with E-state index in [2.05, 4.69) is 5.32 Å². The molecule has 2 rings (SSSR count). The predicted molar refractivity (Wildman–Crippen MR) is 98.1 cm³/mol. The van der Waals surface area contributed by atoms with Gasteiger partial charge in [-0.1, -0.05) is 12.1 Å². The van der Waals surface area contributed by atoms with Gasteiger partial charge in [-0.3, -0.25) is 25.0 Å². The number of nitro groups is 2. The fourth-order valence-electron chi connectivity index (χ4n) is 2.67. The Bertz CT molecular complexity index is 844. The number of hydrogen-bond acceptors (Lipinski definition) is 6. The highest BCUT2D eigenvalue weighted by atomic mass is 16.6. The van der Waals surface area contributed by atoms with Gasteiger partial charge in [-0.05, 0) is 38.0 Å². The second-order valence-electron chi connectivity index (χ2n) is 6.08. The maximum absolute atomic E-state index is 12.4. The van der Waals surface area contributed by atoms with E-state index in [4.69, 9.17) is 4.74 Å². The van der Waals surface area contributed by atoms with Gasteiger partial charge in [0.1, 0.15) is 11.3 Å². The van der Waals surface area contributed by atoms with Crippen LogP contribution in [0.4, 0.5) is 11.4 Å². The third kappa shape index (κ3) is 4.78. The highest BCUT2D eigenvalue weighted by molar-refractivity contribution is 5.96. The molecule has 2 aromatic carbocycles. The van der Waals surface area contributed by atoms with Crippen LogP contribution < -0.4 is 10.1 Å². The minimum absolute atomic E-state index is 0.0900. The largest absolute Gasteiger partial charge is 0.497 e. The van der Waals surface area contributed by atoms with Gasteiger partial charge in [-0.25, -0.2) is 0 Å². The second-order valence-corrected chi connectivity index (χ2v) is 6.08. The van der Waals surface area contributed by atoms with Crippen LogP contribution >= 0.6 is 0 Å². The van der Waals surface area contributed by atoms with Crippen LogP contribution in [0.25, 0.3) is 0 Å². The maximum Gasteiger partial charge on any atom is 0.279 e. The van der Waals surface area contributed by atoms with E-state index in [1.54, 1.807) is 26.2 Å². The normalized spacial score (nSPS) is 11.5. The Morgan fingerprint density at radius 2 is 1.63 bits per heavy atom. The van der Waals surface area contributed by atoms with Crippen molar-refractivity contribution in [2.24, 2.45) is 0 Å². The molecule has 0 spiro atoms. The van der Waals surface area contributed by atoms with Crippen LogP contribution in [0.5, 0.6) is 5.75 Å². The molecule has 9 heteroatoms. The van der Waals surface area contributed by atoms with Gasteiger partial charge >= 0.3 is 0 Å². The van der Waals surface area contributed by atoms with E-state index >= 15 is 0 Å². The van der Waals surface area contributed by atoms with E-state index in [-0.39, 0.29) is 17.2 Å². The van der Waals surface area contributed by atoms with E-state index in [1.165, 1.54) is 6.92 Å². The maximum atomic E-state index is 12.4. The minimum atomic E-state index is -0.736. The molecule has 0 radical (unpaired) electrons. The van der Waals surface area contributed by atoms with Crippen LogP contribution in [0.1, 0.15) is 28.4 Å². The van der Waals surface area contributed by atoms with Gasteiger partial charge in [-0.15, -0.1) is 0 Å². The summed E-state index contributed by atoms with van der Waals surface area (Å²) in [6.07, 6.45) is 0.520. The van der Waals surface area contributed by atoms with Gasteiger partial charge in [0.05, 0.1) is 22.5 Å². The number of amides is 1. The summed E-state index contributed by atoms with van der Waals surface area (Å²) in [5.41, 5.74) is -0.174. The number of methoxy groups -OCH3 is 1. The Kier molecular flexibility index (Phi) is 6.07. The van der Waals surface area contributed by atoms with Gasteiger partial charge < -0.3 is 10.1 Å². The number of nitrogens with one attached hydrogen (secondary N) is 1. The second kappa shape index (κ2) is 8.26. The first-order valence-corrected chi connectivity index (χ1v) is 8.10. The molecule has 2 aromatic rings. The number of benzene rings is 2. The number of nitrogens with zero attached hydrogens (tertiary/aromatic N) is 2. The lowest BCUT2D eigenvalue weighted by molar-refractivity contribution is -0.395. The third-order valence-electron chi connectivity index (χ3n) is 4.09. The summed E-state index contributed by atoms with van der Waals surface area (Å²) in [5, 5.41) is 25.0. The van der Waals surface area contributed by atoms with Crippen molar-refractivity contribution in [2.45, 2.75) is 26.3 Å². The molecule has 0 fully saturated rings. The first kappa shape index (κ1) is 19.8. The summed E-state index contributed by atoms with van der Waals surface area (Å²) < 4.78 is 5.09. The first-order valence-electron chi connectivity index (χ1n) is 8.10. The Hall–Kier alpha value is -3.49. The van der Waals surface area contributed by atoms with E-state index < -0.39 is 27.1 Å². The average Bonchev–Trinajstić information content (AvgIpc) is 2.61. The number of hydrogen-bond donors (Lipinski definition) is 1. The van der Waals surface area contributed by atoms with Crippen LogP contribution in [0.15, 0.2) is 36.4 Å². The Morgan fingerprint density at radius 3 is 2.07 bits per heavy atom. The number of nitro benzene ring substituents is 2. The molecule has 0 saturated carbocycles. The van der Waals surface area contributed by atoms with Crippen molar-refractivity contribution < 1.29 is 19.4 Å². The quantitative estimate of drug-likeness (QED) is 0.587. The molecular weight excluding hydrogens is 354 g/mol. The van der Waals surface area contributed by atoms with E-state index in [0.29, 0.717) is 6.42 Å². The molecule has 0 unspecified atom stereocenters. The molecule has 0 aliphatic carbocycles. The third-order valence-corrected chi connectivity index (χ3v) is 4.09. The smallest absolute Gasteiger partial charge is 0.279 e. The standard InChI is InChI=1S/C18H19N3O6/c1-11(8-13-4-6-15(27-3)7-5-13)19-18(22)14-9-16(20(23)24)12(2)17(10-14)21(25)26/h4-7,9-11H,8H2,1-3H3,(H,19,22)/t11-/m1/s1. The molecule has 1 N–H and O–H groups in total. The van der Waals surface area contributed by atoms with Crippen molar-refractivity contribution in [3.63, 3.8) is 0 Å². The molecule has 1 atom stereocenters. The van der Waals surface area contributed by atoms with E-state index in [9.17, 15) is 25.0 Å².